The summed E-state index contributed by atoms with van der Waals surface area (Å²) < 4.78 is 11.2. The van der Waals surface area contributed by atoms with Crippen LogP contribution in [0.2, 0.25) is 10.0 Å². The van der Waals surface area contributed by atoms with Crippen molar-refractivity contribution < 1.29 is 38.9 Å². The molecule has 0 amide bonds. The molecule has 0 aromatic heterocycles. The molecule has 4 fully saturated rings. The van der Waals surface area contributed by atoms with Crippen LogP contribution in [0.3, 0.4) is 0 Å². The lowest BCUT2D eigenvalue weighted by Crippen LogP contribution is -2.53. The summed E-state index contributed by atoms with van der Waals surface area (Å²) in [6.45, 7) is 22.5. The number of carbonyl (C=O) groups is 4. The number of aromatic carboxylic acids is 2. The van der Waals surface area contributed by atoms with Crippen LogP contribution in [0.25, 0.3) is 5.57 Å². The molecule has 65 heavy (non-hydrogen) atoms. The Morgan fingerprint density at radius 2 is 1.25 bits per heavy atom. The van der Waals surface area contributed by atoms with Crippen molar-refractivity contribution >= 4 is 52.7 Å². The van der Waals surface area contributed by atoms with Gasteiger partial charge in [-0.25, -0.2) is 9.59 Å². The fourth-order valence-corrected chi connectivity index (χ4v) is 13.5. The summed E-state index contributed by atoms with van der Waals surface area (Å²) in [4.78, 5) is 51.3. The number of hydrogen-bond donors (Lipinski definition) is 2. The summed E-state index contributed by atoms with van der Waals surface area (Å²) in [5, 5.41) is 20.6. The van der Waals surface area contributed by atoms with Crippen LogP contribution in [0.4, 0.5) is 0 Å². The fraction of sp³-hybridized carbons (Fsp3) is 0.673. The van der Waals surface area contributed by atoms with E-state index >= 15 is 0 Å². The molecule has 2 aromatic carbocycles. The molecule has 9 atom stereocenters. The number of esters is 2. The molecular formula is C55H76Cl2O8. The van der Waals surface area contributed by atoms with Gasteiger partial charge in [0.15, 0.2) is 11.5 Å². The predicted molar refractivity (Wildman–Crippen MR) is 260 cm³/mol. The average Bonchev–Trinajstić information content (AvgIpc) is 3.57. The van der Waals surface area contributed by atoms with Crippen LogP contribution in [-0.2, 0) is 9.59 Å². The number of carboxylic acids is 2. The first kappa shape index (κ1) is 51.0. The van der Waals surface area contributed by atoms with Gasteiger partial charge in [0, 0.05) is 0 Å². The largest absolute Gasteiger partial charge is 0.478 e. The van der Waals surface area contributed by atoms with E-state index in [2.05, 4.69) is 34.6 Å². The van der Waals surface area contributed by atoms with Crippen molar-refractivity contribution in [3.8, 4) is 11.5 Å². The smallest absolute Gasteiger partial charge is 0.339 e. The zero-order valence-electron chi connectivity index (χ0n) is 41.0. The molecule has 4 aliphatic carbocycles. The molecule has 358 valence electrons. The fourth-order valence-electron chi connectivity index (χ4n) is 13.0. The first-order valence-electron chi connectivity index (χ1n) is 24.5. The van der Waals surface area contributed by atoms with E-state index in [1.54, 1.807) is 41.5 Å². The Morgan fingerprint density at radius 3 is 1.75 bits per heavy atom. The van der Waals surface area contributed by atoms with Gasteiger partial charge < -0.3 is 19.7 Å². The summed E-state index contributed by atoms with van der Waals surface area (Å²) in [5.74, 6) is 1.59. The van der Waals surface area contributed by atoms with Crippen molar-refractivity contribution in [3.05, 3.63) is 62.6 Å². The van der Waals surface area contributed by atoms with Crippen LogP contribution in [-0.4, -0.2) is 34.1 Å². The highest BCUT2D eigenvalue weighted by Crippen LogP contribution is 2.69. The minimum Gasteiger partial charge on any atom is -0.478 e. The molecule has 0 aliphatic heterocycles. The van der Waals surface area contributed by atoms with E-state index in [-0.39, 0.29) is 32.7 Å². The lowest BCUT2D eigenvalue weighted by Gasteiger charge is -2.61. The zero-order valence-corrected chi connectivity index (χ0v) is 42.5. The van der Waals surface area contributed by atoms with E-state index in [4.69, 9.17) is 32.7 Å². The van der Waals surface area contributed by atoms with Crippen LogP contribution >= 0.6 is 23.2 Å². The Labute approximate surface area is 399 Å². The standard InChI is InChI=1S/C55H76Cl2O8/c1-31(2)14-12-15-32(3)41-20-21-42-38-19-18-36-26-33(22-24-54(36,10)43(38)23-25-55(41,42)11)16-13-17-37(34-27-39(48(58)59)46(44(56)29-34)64-50(62)52(4,5)6)35-28-40(49(60)61)47(45(57)30-35)65-51(63)53(7,8)9/h17,27-33,36,38,41-43H,12-16,18-26H2,1-11H3,(H,58,59)(H,60,61). The van der Waals surface area contributed by atoms with Gasteiger partial charge in [-0.15, -0.1) is 0 Å². The second-order valence-corrected chi connectivity index (χ2v) is 24.4. The van der Waals surface area contributed by atoms with Gasteiger partial charge in [-0.1, -0.05) is 83.2 Å². The third kappa shape index (κ3) is 10.8. The molecule has 8 nitrogen and oxygen atoms in total. The molecule has 0 radical (unpaired) electrons. The van der Waals surface area contributed by atoms with E-state index in [1.165, 1.54) is 94.9 Å². The maximum absolute atomic E-state index is 12.9. The Kier molecular flexibility index (Phi) is 15.5. The minimum atomic E-state index is -1.35. The van der Waals surface area contributed by atoms with Crippen molar-refractivity contribution in [3.63, 3.8) is 0 Å². The molecule has 10 heteroatoms. The van der Waals surface area contributed by atoms with Gasteiger partial charge in [-0.2, -0.15) is 0 Å². The highest BCUT2D eigenvalue weighted by Gasteiger charge is 2.60. The van der Waals surface area contributed by atoms with E-state index in [0.29, 0.717) is 45.8 Å². The van der Waals surface area contributed by atoms with Crippen molar-refractivity contribution in [2.75, 3.05) is 0 Å². The summed E-state index contributed by atoms with van der Waals surface area (Å²) in [6, 6.07) is 5.86. The number of carbonyl (C=O) groups excluding carboxylic acids is 2. The van der Waals surface area contributed by atoms with Gasteiger partial charge in [-0.3, -0.25) is 9.59 Å². The zero-order chi connectivity index (χ0) is 48.0. The van der Waals surface area contributed by atoms with E-state index in [0.717, 1.165) is 48.3 Å². The number of hydrogen-bond acceptors (Lipinski definition) is 6. The van der Waals surface area contributed by atoms with E-state index < -0.39 is 34.7 Å². The second-order valence-electron chi connectivity index (χ2n) is 23.6. The van der Waals surface area contributed by atoms with Crippen LogP contribution in [0.5, 0.6) is 11.5 Å². The first-order chi connectivity index (χ1) is 30.3. The Balaban J connectivity index is 1.25. The molecule has 0 heterocycles. The lowest BCUT2D eigenvalue weighted by molar-refractivity contribution is -0.143. The highest BCUT2D eigenvalue weighted by atomic mass is 35.5. The molecule has 9 unspecified atom stereocenters. The van der Waals surface area contributed by atoms with E-state index in [9.17, 15) is 29.4 Å². The SMILES string of the molecule is CC(C)CCCC(C)C1CCC2C3CCC4CC(CCC=C(c5cc(Cl)c(OC(=O)C(C)(C)C)c(C(=O)O)c5)c5cc(Cl)c(OC(=O)C(C)(C)C)c(C(=O)O)c5)CCC4(C)C3CCC12C. The number of benzene rings is 2. The molecule has 6 rings (SSSR count). The number of rotatable bonds is 14. The summed E-state index contributed by atoms with van der Waals surface area (Å²) in [5.41, 5.74) is -0.379. The molecule has 2 N–H and O–H groups in total. The molecule has 0 bridgehead atoms. The number of halogens is 2. The van der Waals surface area contributed by atoms with Crippen LogP contribution in [0.1, 0.15) is 198 Å². The van der Waals surface area contributed by atoms with Gasteiger partial charge in [0.2, 0.25) is 0 Å². The molecule has 2 aromatic rings. The van der Waals surface area contributed by atoms with Crippen LogP contribution < -0.4 is 9.47 Å². The first-order valence-corrected chi connectivity index (χ1v) is 25.3. The van der Waals surface area contributed by atoms with Gasteiger partial charge >= 0.3 is 23.9 Å². The predicted octanol–water partition coefficient (Wildman–Crippen LogP) is 15.2. The molecule has 4 saturated carbocycles. The molecule has 0 saturated heterocycles. The average molecular weight is 936 g/mol. The Hall–Kier alpha value is -3.36. The monoisotopic (exact) mass is 934 g/mol. The number of fused-ring (bicyclic) bond motifs is 5. The number of carboxylic acid groups (broad SMARTS) is 2. The molecular weight excluding hydrogens is 860 g/mol. The topological polar surface area (TPSA) is 127 Å². The normalized spacial score (nSPS) is 28.1. The molecule has 4 aliphatic rings. The summed E-state index contributed by atoms with van der Waals surface area (Å²) in [6.07, 6.45) is 19.4. The minimum absolute atomic E-state index is 0.0850. The number of allylic oxidation sites excluding steroid dienone is 1. The van der Waals surface area contributed by atoms with E-state index in [1.807, 2.05) is 6.08 Å². The van der Waals surface area contributed by atoms with Crippen molar-refractivity contribution in [2.24, 2.45) is 69.0 Å². The van der Waals surface area contributed by atoms with Gasteiger partial charge in [0.05, 0.1) is 20.9 Å². The van der Waals surface area contributed by atoms with Gasteiger partial charge in [-0.05, 0) is 211 Å². The van der Waals surface area contributed by atoms with Crippen molar-refractivity contribution in [1.29, 1.82) is 0 Å². The van der Waals surface area contributed by atoms with Crippen molar-refractivity contribution in [1.82, 2.24) is 0 Å². The third-order valence-corrected chi connectivity index (χ3v) is 17.2. The van der Waals surface area contributed by atoms with Crippen LogP contribution in [0.15, 0.2) is 30.3 Å². The van der Waals surface area contributed by atoms with Gasteiger partial charge in [0.1, 0.15) is 11.1 Å². The van der Waals surface area contributed by atoms with Gasteiger partial charge in [0.25, 0.3) is 0 Å². The second kappa shape index (κ2) is 19.7. The Bertz CT molecular complexity index is 2060. The quantitative estimate of drug-likeness (QED) is 0.142. The van der Waals surface area contributed by atoms with Crippen molar-refractivity contribution in [2.45, 2.75) is 166 Å². The maximum Gasteiger partial charge on any atom is 0.339 e. The molecule has 0 spiro atoms. The third-order valence-electron chi connectivity index (χ3n) is 16.7. The Morgan fingerprint density at radius 1 is 0.723 bits per heavy atom. The number of ether oxygens (including phenoxy) is 2. The maximum atomic E-state index is 12.9. The lowest BCUT2D eigenvalue weighted by atomic mass is 9.44. The summed E-state index contributed by atoms with van der Waals surface area (Å²) in [7, 11) is 0. The van der Waals surface area contributed by atoms with Crippen LogP contribution in [0, 0.1) is 69.0 Å². The highest BCUT2D eigenvalue weighted by molar-refractivity contribution is 6.33. The summed E-state index contributed by atoms with van der Waals surface area (Å²) >= 11 is 13.5.